The summed E-state index contributed by atoms with van der Waals surface area (Å²) in [7, 11) is 0. The van der Waals surface area contributed by atoms with Crippen molar-refractivity contribution in [1.29, 1.82) is 0 Å². The van der Waals surface area contributed by atoms with Gasteiger partial charge in [-0.25, -0.2) is 0 Å². The molecule has 0 aromatic carbocycles. The monoisotopic (exact) mass is 117 g/mol. The van der Waals surface area contributed by atoms with Gasteiger partial charge in [-0.3, -0.25) is 0 Å². The summed E-state index contributed by atoms with van der Waals surface area (Å²) < 4.78 is 0. The largest absolute Gasteiger partial charge is 0.395 e. The maximum Gasteiger partial charge on any atom is 0.0727 e. The van der Waals surface area contributed by atoms with Crippen LogP contribution in [0.25, 0.3) is 0 Å². The summed E-state index contributed by atoms with van der Waals surface area (Å²) >= 11 is 0. The molecule has 0 spiro atoms. The Kier molecular flexibility index (Phi) is 1.83. The SMILES string of the molecule is OC[C@@H]1NCC[C@H]1O. The summed E-state index contributed by atoms with van der Waals surface area (Å²) in [6.07, 6.45) is 0.436. The van der Waals surface area contributed by atoms with Gasteiger partial charge in [0.15, 0.2) is 0 Å². The molecular weight excluding hydrogens is 106 g/mol. The highest BCUT2D eigenvalue weighted by molar-refractivity contribution is 4.81. The van der Waals surface area contributed by atoms with E-state index in [9.17, 15) is 0 Å². The first-order valence-electron chi connectivity index (χ1n) is 2.87. The van der Waals surface area contributed by atoms with Crippen LogP contribution in [0.4, 0.5) is 0 Å². The summed E-state index contributed by atoms with van der Waals surface area (Å²) in [5.74, 6) is 0. The number of hydrogen-bond acceptors (Lipinski definition) is 3. The van der Waals surface area contributed by atoms with Gasteiger partial charge >= 0.3 is 0 Å². The molecule has 3 nitrogen and oxygen atoms in total. The standard InChI is InChI=1S/C5H11NO2/c7-3-4-5(8)1-2-6-4/h4-8H,1-3H2/t4-,5+/m0/s1. The Labute approximate surface area is 48.3 Å². The summed E-state index contributed by atoms with van der Waals surface area (Å²) in [6.45, 7) is 0.869. The van der Waals surface area contributed by atoms with Gasteiger partial charge in [0, 0.05) is 0 Å². The fourth-order valence-electron chi connectivity index (χ4n) is 0.940. The van der Waals surface area contributed by atoms with Crippen LogP contribution in [-0.2, 0) is 0 Å². The predicted molar refractivity (Wildman–Crippen MR) is 29.5 cm³/mol. The van der Waals surface area contributed by atoms with Crippen LogP contribution in [0.2, 0.25) is 0 Å². The molecule has 48 valence electrons. The second-order valence-corrected chi connectivity index (χ2v) is 2.10. The minimum Gasteiger partial charge on any atom is -0.395 e. The van der Waals surface area contributed by atoms with Crippen molar-refractivity contribution in [3.63, 3.8) is 0 Å². The lowest BCUT2D eigenvalue weighted by Gasteiger charge is -2.09. The van der Waals surface area contributed by atoms with Gasteiger partial charge in [0.2, 0.25) is 0 Å². The van der Waals surface area contributed by atoms with Crippen LogP contribution in [0.5, 0.6) is 0 Å². The molecule has 3 heteroatoms. The van der Waals surface area contributed by atoms with E-state index < -0.39 is 0 Å². The highest BCUT2D eigenvalue weighted by Gasteiger charge is 2.22. The third-order valence-corrected chi connectivity index (χ3v) is 1.51. The number of hydrogen-bond donors (Lipinski definition) is 3. The van der Waals surface area contributed by atoms with Crippen LogP contribution in [0.1, 0.15) is 6.42 Å². The Bertz CT molecular complexity index is 76.8. The Balaban J connectivity index is 2.30. The molecule has 2 atom stereocenters. The first-order chi connectivity index (χ1) is 3.84. The van der Waals surface area contributed by atoms with Crippen molar-refractivity contribution >= 4 is 0 Å². The second kappa shape index (κ2) is 2.44. The molecule has 0 saturated carbocycles. The van der Waals surface area contributed by atoms with E-state index >= 15 is 0 Å². The van der Waals surface area contributed by atoms with Crippen molar-refractivity contribution < 1.29 is 10.2 Å². The third kappa shape index (κ3) is 0.992. The van der Waals surface area contributed by atoms with E-state index in [0.717, 1.165) is 13.0 Å². The molecule has 8 heavy (non-hydrogen) atoms. The molecule has 1 saturated heterocycles. The molecule has 1 rings (SSSR count). The van der Waals surface area contributed by atoms with Gasteiger partial charge in [-0.15, -0.1) is 0 Å². The van der Waals surface area contributed by atoms with Crippen LogP contribution in [0.3, 0.4) is 0 Å². The Morgan fingerprint density at radius 3 is 2.62 bits per heavy atom. The molecule has 0 unspecified atom stereocenters. The van der Waals surface area contributed by atoms with Crippen molar-refractivity contribution in [3.05, 3.63) is 0 Å². The van der Waals surface area contributed by atoms with Crippen molar-refractivity contribution in [2.75, 3.05) is 13.2 Å². The van der Waals surface area contributed by atoms with Gasteiger partial charge in [0.25, 0.3) is 0 Å². The van der Waals surface area contributed by atoms with Crippen molar-refractivity contribution in [1.82, 2.24) is 5.32 Å². The lowest BCUT2D eigenvalue weighted by Crippen LogP contribution is -2.33. The lowest BCUT2D eigenvalue weighted by atomic mass is 10.2. The summed E-state index contributed by atoms with van der Waals surface area (Å²) in [4.78, 5) is 0. The molecular formula is C5H11NO2. The third-order valence-electron chi connectivity index (χ3n) is 1.51. The van der Waals surface area contributed by atoms with E-state index in [4.69, 9.17) is 10.2 Å². The van der Waals surface area contributed by atoms with Gasteiger partial charge < -0.3 is 15.5 Å². The molecule has 3 N–H and O–H groups in total. The Morgan fingerprint density at radius 1 is 1.62 bits per heavy atom. The van der Waals surface area contributed by atoms with E-state index in [-0.39, 0.29) is 18.8 Å². The zero-order valence-corrected chi connectivity index (χ0v) is 4.67. The number of aliphatic hydroxyl groups excluding tert-OH is 2. The van der Waals surface area contributed by atoms with E-state index in [1.54, 1.807) is 0 Å². The van der Waals surface area contributed by atoms with E-state index in [2.05, 4.69) is 5.32 Å². The van der Waals surface area contributed by atoms with Crippen LogP contribution < -0.4 is 5.32 Å². The van der Waals surface area contributed by atoms with Crippen LogP contribution >= 0.6 is 0 Å². The highest BCUT2D eigenvalue weighted by atomic mass is 16.3. The van der Waals surface area contributed by atoms with Crippen LogP contribution in [0.15, 0.2) is 0 Å². The zero-order valence-electron chi connectivity index (χ0n) is 4.67. The topological polar surface area (TPSA) is 52.5 Å². The minimum absolute atomic E-state index is 0.0428. The van der Waals surface area contributed by atoms with Gasteiger partial charge in [-0.1, -0.05) is 0 Å². The maximum atomic E-state index is 8.97. The van der Waals surface area contributed by atoms with Gasteiger partial charge in [0.1, 0.15) is 0 Å². The van der Waals surface area contributed by atoms with Crippen molar-refractivity contribution in [2.24, 2.45) is 0 Å². The van der Waals surface area contributed by atoms with Crippen molar-refractivity contribution in [3.8, 4) is 0 Å². The number of rotatable bonds is 1. The molecule has 0 aromatic heterocycles. The average molecular weight is 117 g/mol. The summed E-state index contributed by atoms with van der Waals surface area (Å²) in [5.41, 5.74) is 0. The lowest BCUT2D eigenvalue weighted by molar-refractivity contribution is 0.121. The Morgan fingerprint density at radius 2 is 2.38 bits per heavy atom. The van der Waals surface area contributed by atoms with Crippen LogP contribution in [-0.4, -0.2) is 35.5 Å². The minimum atomic E-state index is -0.333. The first kappa shape index (κ1) is 6.01. The van der Waals surface area contributed by atoms with E-state index in [1.165, 1.54) is 0 Å². The van der Waals surface area contributed by atoms with Crippen molar-refractivity contribution in [2.45, 2.75) is 18.6 Å². The summed E-state index contributed by atoms with van der Waals surface area (Å²) in [6, 6.07) is -0.0741. The predicted octanol–water partition coefficient (Wildman–Crippen LogP) is -1.30. The van der Waals surface area contributed by atoms with E-state index in [0.29, 0.717) is 0 Å². The zero-order chi connectivity index (χ0) is 5.98. The summed E-state index contributed by atoms with van der Waals surface area (Å²) in [5, 5.41) is 20.4. The molecule has 1 aliphatic rings. The molecule has 0 aromatic rings. The fraction of sp³-hybridized carbons (Fsp3) is 1.00. The first-order valence-corrected chi connectivity index (χ1v) is 2.87. The quantitative estimate of drug-likeness (QED) is 0.400. The smallest absolute Gasteiger partial charge is 0.0727 e. The molecule has 0 radical (unpaired) electrons. The maximum absolute atomic E-state index is 8.97. The average Bonchev–Trinajstić information content (AvgIpc) is 2.14. The molecule has 1 fully saturated rings. The molecule has 1 heterocycles. The van der Waals surface area contributed by atoms with Gasteiger partial charge in [0.05, 0.1) is 18.8 Å². The molecule has 0 bridgehead atoms. The van der Waals surface area contributed by atoms with E-state index in [1.807, 2.05) is 0 Å². The molecule has 0 amide bonds. The molecule has 1 aliphatic heterocycles. The highest BCUT2D eigenvalue weighted by Crippen LogP contribution is 2.04. The van der Waals surface area contributed by atoms with Gasteiger partial charge in [-0.05, 0) is 13.0 Å². The van der Waals surface area contributed by atoms with Gasteiger partial charge in [-0.2, -0.15) is 0 Å². The number of nitrogens with one attached hydrogen (secondary N) is 1. The van der Waals surface area contributed by atoms with Crippen LogP contribution in [0, 0.1) is 0 Å². The molecule has 0 aliphatic carbocycles. The Hall–Kier alpha value is -0.120. The number of aliphatic hydroxyl groups is 2. The fourth-order valence-corrected chi connectivity index (χ4v) is 0.940. The normalized spacial score (nSPS) is 38.2. The second-order valence-electron chi connectivity index (χ2n) is 2.10.